The van der Waals surface area contributed by atoms with E-state index in [-0.39, 0.29) is 25.0 Å². The van der Waals surface area contributed by atoms with Crippen molar-refractivity contribution in [2.45, 2.75) is 24.9 Å². The van der Waals surface area contributed by atoms with Crippen molar-refractivity contribution in [3.8, 4) is 0 Å². The van der Waals surface area contributed by atoms with Crippen LogP contribution in [0.4, 0.5) is 0 Å². The predicted octanol–water partition coefficient (Wildman–Crippen LogP) is 6.56. The summed E-state index contributed by atoms with van der Waals surface area (Å²) in [7, 11) is 0. The van der Waals surface area contributed by atoms with E-state index in [2.05, 4.69) is 22.8 Å². The van der Waals surface area contributed by atoms with Gasteiger partial charge in [0.25, 0.3) is 11.8 Å². The molecule has 0 aliphatic heterocycles. The van der Waals surface area contributed by atoms with Gasteiger partial charge in [-0.3, -0.25) is 9.59 Å². The van der Waals surface area contributed by atoms with E-state index in [1.165, 1.54) is 0 Å². The van der Waals surface area contributed by atoms with E-state index in [4.69, 9.17) is 4.42 Å². The summed E-state index contributed by atoms with van der Waals surface area (Å²) in [6, 6.07) is 37.9. The number of carbonyl (C=O) groups is 2. The lowest BCUT2D eigenvalue weighted by molar-refractivity contribution is 0.0911. The van der Waals surface area contributed by atoms with E-state index in [1.807, 2.05) is 84.9 Å². The molecular weight excluding hydrogens is 588 g/mol. The van der Waals surface area contributed by atoms with Crippen molar-refractivity contribution in [2.24, 2.45) is 0 Å². The molecule has 1 heterocycles. The zero-order valence-corrected chi connectivity index (χ0v) is 25.6. The molecule has 0 saturated heterocycles. The Labute approximate surface area is 271 Å². The molecule has 0 aliphatic carbocycles. The van der Waals surface area contributed by atoms with Crippen molar-refractivity contribution in [2.75, 3.05) is 13.2 Å². The number of fused-ring (bicyclic) bond motifs is 5. The van der Waals surface area contributed by atoms with Crippen LogP contribution in [0, 0.1) is 0 Å². The van der Waals surface area contributed by atoms with E-state index in [0.29, 0.717) is 45.9 Å². The van der Waals surface area contributed by atoms with Crippen LogP contribution in [-0.2, 0) is 12.8 Å². The first kappa shape index (κ1) is 30.2. The Bertz CT molecular complexity index is 2100. The minimum Gasteiger partial charge on any atom is -0.454 e. The normalized spacial score (nSPS) is 12.8. The van der Waals surface area contributed by atoms with Crippen LogP contribution in [0.25, 0.3) is 43.5 Å². The lowest BCUT2D eigenvalue weighted by Crippen LogP contribution is -2.39. The molecule has 4 N–H and O–H groups in total. The van der Waals surface area contributed by atoms with Crippen molar-refractivity contribution >= 4 is 55.3 Å². The number of aliphatic hydroxyl groups is 2. The summed E-state index contributed by atoms with van der Waals surface area (Å²) >= 11 is 0. The Balaban J connectivity index is 1.12. The Morgan fingerprint density at radius 1 is 0.532 bits per heavy atom. The van der Waals surface area contributed by atoms with Crippen LogP contribution in [0.5, 0.6) is 0 Å². The van der Waals surface area contributed by atoms with Gasteiger partial charge in [0.2, 0.25) is 0 Å². The molecule has 0 fully saturated rings. The van der Waals surface area contributed by atoms with Gasteiger partial charge in [-0.2, -0.15) is 0 Å². The lowest BCUT2D eigenvalue weighted by atomic mass is 10.0. The Hall–Kier alpha value is -5.50. The fourth-order valence-electron chi connectivity index (χ4n) is 6.33. The Kier molecular flexibility index (Phi) is 8.40. The van der Waals surface area contributed by atoms with E-state index in [1.54, 1.807) is 24.3 Å². The van der Waals surface area contributed by atoms with Crippen molar-refractivity contribution in [3.05, 3.63) is 144 Å². The highest BCUT2D eigenvalue weighted by Crippen LogP contribution is 2.33. The second-order valence-electron chi connectivity index (χ2n) is 11.9. The number of hydrogen-bond donors (Lipinski definition) is 4. The topological polar surface area (TPSA) is 112 Å². The molecule has 234 valence electrons. The highest BCUT2D eigenvalue weighted by Gasteiger charge is 2.23. The molecule has 0 saturated carbocycles. The number of carbonyl (C=O) groups excluding carboxylic acids is 2. The molecule has 0 unspecified atom stereocenters. The van der Waals surface area contributed by atoms with Gasteiger partial charge in [0, 0.05) is 10.8 Å². The van der Waals surface area contributed by atoms with Crippen LogP contribution in [0.1, 0.15) is 31.8 Å². The first-order valence-corrected chi connectivity index (χ1v) is 15.7. The molecule has 0 aliphatic rings. The lowest BCUT2D eigenvalue weighted by Gasteiger charge is -2.17. The largest absolute Gasteiger partial charge is 0.454 e. The molecule has 0 radical (unpaired) electrons. The van der Waals surface area contributed by atoms with E-state index in [0.717, 1.165) is 32.7 Å². The van der Waals surface area contributed by atoms with Gasteiger partial charge in [0.05, 0.1) is 36.4 Å². The smallest absolute Gasteiger partial charge is 0.255 e. The standard InChI is InChI=1S/C40H34N2O5/c43-23-31(21-25-15-17-27-7-1-3-9-29(27)19-25)41-39(45)35-13-5-11-33-34-12-6-14-36(38(34)47-37(33)35)40(46)42-32(24-44)22-26-16-18-28-8-2-4-10-30(28)20-26/h1-20,31-32,43-44H,21-24H2,(H,41,45)(H,42,46)/t31-,32-/m0/s1. The number of hydrogen-bond acceptors (Lipinski definition) is 5. The first-order valence-electron chi connectivity index (χ1n) is 15.7. The molecule has 7 nitrogen and oxygen atoms in total. The fraction of sp³-hybridized carbons (Fsp3) is 0.150. The van der Waals surface area contributed by atoms with E-state index in [9.17, 15) is 19.8 Å². The maximum atomic E-state index is 13.6. The number of rotatable bonds is 10. The average molecular weight is 623 g/mol. The van der Waals surface area contributed by atoms with Crippen molar-refractivity contribution in [3.63, 3.8) is 0 Å². The summed E-state index contributed by atoms with van der Waals surface area (Å²) in [5.41, 5.74) is 3.35. The fourth-order valence-corrected chi connectivity index (χ4v) is 6.33. The van der Waals surface area contributed by atoms with E-state index >= 15 is 0 Å². The van der Waals surface area contributed by atoms with Gasteiger partial charge in [-0.25, -0.2) is 0 Å². The maximum absolute atomic E-state index is 13.6. The molecule has 0 spiro atoms. The minimum absolute atomic E-state index is 0.232. The highest BCUT2D eigenvalue weighted by molar-refractivity contribution is 6.17. The van der Waals surface area contributed by atoms with Gasteiger partial charge in [0.15, 0.2) is 0 Å². The Morgan fingerprint density at radius 3 is 1.38 bits per heavy atom. The molecule has 7 aromatic rings. The van der Waals surface area contributed by atoms with Crippen LogP contribution in [0.3, 0.4) is 0 Å². The molecule has 0 bridgehead atoms. The number of furan rings is 1. The van der Waals surface area contributed by atoms with Crippen molar-refractivity contribution in [1.82, 2.24) is 10.6 Å². The molecule has 7 rings (SSSR count). The van der Waals surface area contributed by atoms with E-state index < -0.39 is 12.1 Å². The van der Waals surface area contributed by atoms with Gasteiger partial charge >= 0.3 is 0 Å². The predicted molar refractivity (Wildman–Crippen MR) is 186 cm³/mol. The van der Waals surface area contributed by atoms with Gasteiger partial charge in [-0.05, 0) is 57.6 Å². The number of nitrogens with one attached hydrogen (secondary N) is 2. The van der Waals surface area contributed by atoms with Gasteiger partial charge in [-0.15, -0.1) is 0 Å². The third-order valence-corrected chi connectivity index (χ3v) is 8.72. The summed E-state index contributed by atoms with van der Waals surface area (Å²) in [6.07, 6.45) is 0.914. The van der Waals surface area contributed by atoms with Crippen LogP contribution >= 0.6 is 0 Å². The number of para-hydroxylation sites is 2. The SMILES string of the molecule is O=C(N[C@H](CO)Cc1ccc2ccccc2c1)c1cccc2c1oc1c(C(=O)N[C@H](CO)Cc3ccc4ccccc4c3)cccc12. The summed E-state index contributed by atoms with van der Waals surface area (Å²) in [5, 5.41) is 32.1. The second-order valence-corrected chi connectivity index (χ2v) is 11.9. The van der Waals surface area contributed by atoms with Crippen LogP contribution in [0.15, 0.2) is 126 Å². The van der Waals surface area contributed by atoms with Gasteiger partial charge in [-0.1, -0.05) is 109 Å². The van der Waals surface area contributed by atoms with Crippen molar-refractivity contribution < 1.29 is 24.2 Å². The molecule has 47 heavy (non-hydrogen) atoms. The number of benzene rings is 6. The molecule has 7 heteroatoms. The minimum atomic E-state index is -0.511. The summed E-state index contributed by atoms with van der Waals surface area (Å²) < 4.78 is 6.27. The summed E-state index contributed by atoms with van der Waals surface area (Å²) in [4.78, 5) is 27.2. The second kappa shape index (κ2) is 13.1. The third-order valence-electron chi connectivity index (χ3n) is 8.72. The average Bonchev–Trinajstić information content (AvgIpc) is 3.50. The number of amides is 2. The summed E-state index contributed by atoms with van der Waals surface area (Å²) in [5.74, 6) is -0.757. The molecule has 2 amide bonds. The van der Waals surface area contributed by atoms with Crippen LogP contribution < -0.4 is 10.6 Å². The van der Waals surface area contributed by atoms with Crippen LogP contribution in [0.2, 0.25) is 0 Å². The summed E-state index contributed by atoms with van der Waals surface area (Å²) in [6.45, 7) is -0.464. The first-order chi connectivity index (χ1) is 23.0. The molecular formula is C40H34N2O5. The quantitative estimate of drug-likeness (QED) is 0.138. The zero-order chi connectivity index (χ0) is 32.3. The monoisotopic (exact) mass is 622 g/mol. The zero-order valence-electron chi connectivity index (χ0n) is 25.6. The van der Waals surface area contributed by atoms with Crippen LogP contribution in [-0.4, -0.2) is 47.3 Å². The molecule has 2 atom stereocenters. The maximum Gasteiger partial charge on any atom is 0.255 e. The van der Waals surface area contributed by atoms with Gasteiger partial charge in [0.1, 0.15) is 11.2 Å². The third kappa shape index (κ3) is 6.19. The molecule has 1 aromatic heterocycles. The number of aliphatic hydroxyl groups excluding tert-OH is 2. The highest BCUT2D eigenvalue weighted by atomic mass is 16.3. The Morgan fingerprint density at radius 2 is 0.957 bits per heavy atom. The molecule has 6 aromatic carbocycles. The van der Waals surface area contributed by atoms with Gasteiger partial charge < -0.3 is 25.3 Å². The van der Waals surface area contributed by atoms with Crippen molar-refractivity contribution in [1.29, 1.82) is 0 Å².